The van der Waals surface area contributed by atoms with Crippen molar-refractivity contribution in [2.75, 3.05) is 11.9 Å². The van der Waals surface area contributed by atoms with E-state index in [-0.39, 0.29) is 5.82 Å². The van der Waals surface area contributed by atoms with Crippen molar-refractivity contribution < 1.29 is 4.92 Å². The Morgan fingerprint density at radius 1 is 1.50 bits per heavy atom. The van der Waals surface area contributed by atoms with Crippen LogP contribution in [0.15, 0.2) is 30.9 Å². The molecule has 0 aliphatic carbocycles. The SMILES string of the molecule is CCNc1cc(Cn2cnc([N+](=O)[O-])c2)ccn1. The van der Waals surface area contributed by atoms with E-state index in [0.29, 0.717) is 6.54 Å². The zero-order valence-electron chi connectivity index (χ0n) is 9.91. The molecule has 0 unspecified atom stereocenters. The molecule has 7 heteroatoms. The molecule has 2 aromatic heterocycles. The zero-order chi connectivity index (χ0) is 13.0. The van der Waals surface area contributed by atoms with Gasteiger partial charge in [0.2, 0.25) is 6.33 Å². The van der Waals surface area contributed by atoms with Crippen molar-refractivity contribution in [3.8, 4) is 0 Å². The molecule has 0 saturated heterocycles. The van der Waals surface area contributed by atoms with Crippen LogP contribution in [-0.4, -0.2) is 26.0 Å². The molecule has 0 radical (unpaired) electrons. The van der Waals surface area contributed by atoms with Gasteiger partial charge >= 0.3 is 5.82 Å². The summed E-state index contributed by atoms with van der Waals surface area (Å²) >= 11 is 0. The number of nitro groups is 1. The summed E-state index contributed by atoms with van der Waals surface area (Å²) in [6.07, 6.45) is 4.57. The second-order valence-electron chi connectivity index (χ2n) is 3.74. The minimum absolute atomic E-state index is 0.143. The second-order valence-corrected chi connectivity index (χ2v) is 3.74. The lowest BCUT2D eigenvalue weighted by Gasteiger charge is -2.05. The normalized spacial score (nSPS) is 10.3. The van der Waals surface area contributed by atoms with Gasteiger partial charge in [0.15, 0.2) is 0 Å². The lowest BCUT2D eigenvalue weighted by atomic mass is 10.2. The lowest BCUT2D eigenvalue weighted by molar-refractivity contribution is -0.389. The third-order valence-electron chi connectivity index (χ3n) is 2.35. The summed E-state index contributed by atoms with van der Waals surface area (Å²) in [4.78, 5) is 17.9. The average Bonchev–Trinajstić information content (AvgIpc) is 2.78. The van der Waals surface area contributed by atoms with E-state index in [4.69, 9.17) is 0 Å². The molecule has 94 valence electrons. The minimum Gasteiger partial charge on any atom is -0.370 e. The van der Waals surface area contributed by atoms with Crippen molar-refractivity contribution in [2.45, 2.75) is 13.5 Å². The molecule has 1 N–H and O–H groups in total. The van der Waals surface area contributed by atoms with E-state index < -0.39 is 4.92 Å². The van der Waals surface area contributed by atoms with Crippen LogP contribution in [0.4, 0.5) is 11.6 Å². The van der Waals surface area contributed by atoms with E-state index in [9.17, 15) is 10.1 Å². The van der Waals surface area contributed by atoms with Gasteiger partial charge in [-0.2, -0.15) is 0 Å². The first-order chi connectivity index (χ1) is 8.69. The standard InChI is InChI=1S/C11H13N5O2/c1-2-12-10-5-9(3-4-13-10)6-15-7-11(14-8-15)16(17)18/h3-5,7-8H,2,6H2,1H3,(H,12,13). The Kier molecular flexibility index (Phi) is 3.52. The number of nitrogens with zero attached hydrogens (tertiary/aromatic N) is 4. The van der Waals surface area contributed by atoms with Crippen LogP contribution in [0.5, 0.6) is 0 Å². The van der Waals surface area contributed by atoms with E-state index in [2.05, 4.69) is 15.3 Å². The number of nitrogens with one attached hydrogen (secondary N) is 1. The Morgan fingerprint density at radius 3 is 3.00 bits per heavy atom. The van der Waals surface area contributed by atoms with Crippen molar-refractivity contribution in [3.63, 3.8) is 0 Å². The summed E-state index contributed by atoms with van der Waals surface area (Å²) in [5.41, 5.74) is 1.01. The summed E-state index contributed by atoms with van der Waals surface area (Å²) in [7, 11) is 0. The number of aromatic nitrogens is 3. The van der Waals surface area contributed by atoms with Crippen LogP contribution in [-0.2, 0) is 6.54 Å². The van der Waals surface area contributed by atoms with Gasteiger partial charge in [-0.3, -0.25) is 0 Å². The van der Waals surface area contributed by atoms with Crippen LogP contribution in [0.3, 0.4) is 0 Å². The Balaban J connectivity index is 2.12. The van der Waals surface area contributed by atoms with Crippen molar-refractivity contribution in [2.24, 2.45) is 0 Å². The van der Waals surface area contributed by atoms with Gasteiger partial charge in [0, 0.05) is 12.7 Å². The van der Waals surface area contributed by atoms with E-state index in [0.717, 1.165) is 17.9 Å². The topological polar surface area (TPSA) is 85.9 Å². The second kappa shape index (κ2) is 5.26. The molecule has 0 fully saturated rings. The third kappa shape index (κ3) is 2.82. The van der Waals surface area contributed by atoms with Gasteiger partial charge in [-0.15, -0.1) is 0 Å². The molecule has 7 nitrogen and oxygen atoms in total. The van der Waals surface area contributed by atoms with Crippen LogP contribution in [0, 0.1) is 10.1 Å². The van der Waals surface area contributed by atoms with E-state index in [1.54, 1.807) is 10.8 Å². The molecule has 0 amide bonds. The Bertz CT molecular complexity index is 552. The summed E-state index contributed by atoms with van der Waals surface area (Å²) in [5, 5.41) is 13.6. The molecule has 2 rings (SSSR count). The quantitative estimate of drug-likeness (QED) is 0.641. The highest BCUT2D eigenvalue weighted by molar-refractivity contribution is 5.37. The predicted molar refractivity (Wildman–Crippen MR) is 66.4 cm³/mol. The van der Waals surface area contributed by atoms with Gasteiger partial charge in [0.1, 0.15) is 12.0 Å². The summed E-state index contributed by atoms with van der Waals surface area (Å²) in [6, 6.07) is 3.78. The largest absolute Gasteiger partial charge is 0.381 e. The molecule has 2 heterocycles. The zero-order valence-corrected chi connectivity index (χ0v) is 9.91. The van der Waals surface area contributed by atoms with E-state index >= 15 is 0 Å². The van der Waals surface area contributed by atoms with Gasteiger partial charge in [-0.25, -0.2) is 4.98 Å². The average molecular weight is 247 g/mol. The molecule has 0 bridgehead atoms. The molecule has 0 aromatic carbocycles. The first kappa shape index (κ1) is 12.0. The highest BCUT2D eigenvalue weighted by atomic mass is 16.6. The monoisotopic (exact) mass is 247 g/mol. The Labute approximate surface area is 104 Å². The van der Waals surface area contributed by atoms with Crippen LogP contribution in [0.25, 0.3) is 0 Å². The number of anilines is 1. The van der Waals surface area contributed by atoms with Gasteiger partial charge in [-0.1, -0.05) is 0 Å². The maximum atomic E-state index is 10.5. The molecule has 18 heavy (non-hydrogen) atoms. The van der Waals surface area contributed by atoms with E-state index in [1.165, 1.54) is 12.5 Å². The molecule has 2 aromatic rings. The van der Waals surface area contributed by atoms with Crippen molar-refractivity contribution in [1.29, 1.82) is 0 Å². The number of hydrogen-bond donors (Lipinski definition) is 1. The van der Waals surface area contributed by atoms with Crippen molar-refractivity contribution >= 4 is 11.6 Å². The summed E-state index contributed by atoms with van der Waals surface area (Å²) < 4.78 is 1.67. The fourth-order valence-corrected chi connectivity index (χ4v) is 1.59. The molecule has 0 atom stereocenters. The van der Waals surface area contributed by atoms with Gasteiger partial charge in [-0.05, 0) is 34.5 Å². The van der Waals surface area contributed by atoms with Crippen LogP contribution in [0.2, 0.25) is 0 Å². The Hall–Kier alpha value is -2.44. The van der Waals surface area contributed by atoms with Crippen LogP contribution >= 0.6 is 0 Å². The smallest absolute Gasteiger partial charge is 0.370 e. The van der Waals surface area contributed by atoms with Crippen LogP contribution in [0.1, 0.15) is 12.5 Å². The summed E-state index contributed by atoms with van der Waals surface area (Å²) in [6.45, 7) is 3.32. The molecule has 0 saturated carbocycles. The van der Waals surface area contributed by atoms with Crippen molar-refractivity contribution in [3.05, 3.63) is 46.5 Å². The van der Waals surface area contributed by atoms with Gasteiger partial charge < -0.3 is 20.0 Å². The van der Waals surface area contributed by atoms with Crippen LogP contribution < -0.4 is 5.32 Å². The third-order valence-corrected chi connectivity index (χ3v) is 2.35. The maximum absolute atomic E-state index is 10.5. The van der Waals surface area contributed by atoms with Crippen molar-refractivity contribution in [1.82, 2.24) is 14.5 Å². The lowest BCUT2D eigenvalue weighted by Crippen LogP contribution is -2.02. The number of imidazole rings is 1. The highest BCUT2D eigenvalue weighted by Crippen LogP contribution is 2.11. The van der Waals surface area contributed by atoms with Gasteiger partial charge in [0.25, 0.3) is 0 Å². The number of hydrogen-bond acceptors (Lipinski definition) is 5. The summed E-state index contributed by atoms with van der Waals surface area (Å²) in [5.74, 6) is 0.653. The highest BCUT2D eigenvalue weighted by Gasteiger charge is 2.09. The fourth-order valence-electron chi connectivity index (χ4n) is 1.59. The maximum Gasteiger partial charge on any atom is 0.381 e. The minimum atomic E-state index is -0.507. The predicted octanol–water partition coefficient (Wildman–Crippen LogP) is 1.67. The molecule has 0 aliphatic rings. The molecular formula is C11H13N5O2. The number of pyridine rings is 1. The first-order valence-electron chi connectivity index (χ1n) is 5.54. The Morgan fingerprint density at radius 2 is 2.33 bits per heavy atom. The van der Waals surface area contributed by atoms with E-state index in [1.807, 2.05) is 19.1 Å². The van der Waals surface area contributed by atoms with Gasteiger partial charge in [0.05, 0.1) is 6.54 Å². The first-order valence-corrected chi connectivity index (χ1v) is 5.54. The molecule has 0 spiro atoms. The fraction of sp³-hybridized carbons (Fsp3) is 0.273. The molecule has 0 aliphatic heterocycles. The molecular weight excluding hydrogens is 234 g/mol. The number of rotatable bonds is 5.